The maximum absolute atomic E-state index is 6.65. The third kappa shape index (κ3) is 14.8. The molecule has 8 bridgehead atoms. The van der Waals surface area contributed by atoms with E-state index >= 15 is 0 Å². The van der Waals surface area contributed by atoms with Crippen LogP contribution in [0.25, 0.3) is 133 Å². The minimum Gasteiger partial charge on any atom is -0.490 e. The van der Waals surface area contributed by atoms with Crippen molar-refractivity contribution in [3.63, 3.8) is 0 Å². The Labute approximate surface area is 617 Å². The number of benzene rings is 8. The molecule has 0 aliphatic carbocycles. The van der Waals surface area contributed by atoms with Gasteiger partial charge in [-0.15, -0.1) is 0 Å². The first-order chi connectivity index (χ1) is 53.6. The average Bonchev–Trinajstić information content (AvgIpc) is 1.59. The molecular weight excluding hydrogens is 1370 g/mol. The second-order valence-corrected chi connectivity index (χ2v) is 24.9. The van der Waals surface area contributed by atoms with Gasteiger partial charge in [-0.25, -0.2) is 29.9 Å². The van der Waals surface area contributed by atoms with E-state index in [0.717, 1.165) is 43.6 Å². The maximum Gasteiger partial charge on any atom is 0.168 e. The highest BCUT2D eigenvalue weighted by molar-refractivity contribution is 6.10. The van der Waals surface area contributed by atoms with Crippen molar-refractivity contribution in [3.8, 4) is 91.5 Å². The fourth-order valence-corrected chi connectivity index (χ4v) is 13.2. The lowest BCUT2D eigenvalue weighted by molar-refractivity contribution is 0.0769. The summed E-state index contributed by atoms with van der Waals surface area (Å²) in [5.41, 5.74) is 7.32. The molecule has 0 amide bonds. The van der Waals surface area contributed by atoms with Crippen molar-refractivity contribution in [2.75, 3.05) is 106 Å². The molecule has 538 valence electrons. The number of nitrogens with one attached hydrogen (secondary N) is 2. The lowest BCUT2D eigenvalue weighted by Gasteiger charge is -2.11. The van der Waals surface area contributed by atoms with Gasteiger partial charge in [0, 0.05) is 68.2 Å². The van der Waals surface area contributed by atoms with Crippen LogP contribution in [-0.2, 0) is 18.9 Å². The summed E-state index contributed by atoms with van der Waals surface area (Å²) in [6, 6.07) is 62.1. The molecule has 7 aromatic heterocycles. The van der Waals surface area contributed by atoms with E-state index in [0.29, 0.717) is 189 Å². The molecule has 2 aliphatic heterocycles. The zero-order valence-corrected chi connectivity index (χ0v) is 58.5. The van der Waals surface area contributed by atoms with E-state index in [9.17, 15) is 0 Å². The Morgan fingerprint density at radius 2 is 0.481 bits per heavy atom. The SMILES string of the molecule is c1cc(OCCOCCOc2cccc3cccnc23)c2c(c1)-c1nc-2nc2[nH]c(nc3nc(nc4[nH]c(n1)c1c(OCCOCCOc5cccc6cccnc56)cccc41)-c1c(OCCOCCOc4cccc5cccnc45)cccc1-3)c1c(OCCOCCOc3cccc4cccnc34)cccc21. The van der Waals surface area contributed by atoms with Crippen LogP contribution in [0, 0.1) is 0 Å². The summed E-state index contributed by atoms with van der Waals surface area (Å²) in [7, 11) is 0. The number of hydrogen-bond acceptors (Lipinski definition) is 22. The third-order valence-corrected chi connectivity index (χ3v) is 18.1. The molecule has 9 heterocycles. The van der Waals surface area contributed by atoms with Crippen LogP contribution in [0.1, 0.15) is 0 Å². The average molecular weight is 1440 g/mol. The van der Waals surface area contributed by atoms with Gasteiger partial charge in [0.1, 0.15) is 144 Å². The summed E-state index contributed by atoms with van der Waals surface area (Å²) >= 11 is 0. The number of aromatic amines is 2. The summed E-state index contributed by atoms with van der Waals surface area (Å²) in [6.07, 6.45) is 7.02. The molecule has 0 atom stereocenters. The largest absolute Gasteiger partial charge is 0.490 e. The van der Waals surface area contributed by atoms with E-state index in [2.05, 4.69) is 29.9 Å². The van der Waals surface area contributed by atoms with E-state index in [1.807, 2.05) is 194 Å². The van der Waals surface area contributed by atoms with E-state index in [1.165, 1.54) is 0 Å². The molecule has 2 N–H and O–H groups in total. The van der Waals surface area contributed by atoms with Crippen molar-refractivity contribution in [1.82, 2.24) is 59.8 Å². The van der Waals surface area contributed by atoms with E-state index in [1.54, 1.807) is 24.8 Å². The lowest BCUT2D eigenvalue weighted by Crippen LogP contribution is -2.12. The highest BCUT2D eigenvalue weighted by Crippen LogP contribution is 2.45. The second-order valence-electron chi connectivity index (χ2n) is 24.9. The number of aromatic nitrogens is 12. The van der Waals surface area contributed by atoms with Gasteiger partial charge in [-0.05, 0) is 72.8 Å². The monoisotopic (exact) mass is 1440 g/mol. The van der Waals surface area contributed by atoms with Crippen LogP contribution in [0.2, 0.25) is 0 Å². The molecule has 2 aliphatic rings. The molecule has 0 fully saturated rings. The normalized spacial score (nSPS) is 11.7. The predicted octanol–water partition coefficient (Wildman–Crippen LogP) is 15.0. The molecule has 15 aromatic rings. The lowest BCUT2D eigenvalue weighted by atomic mass is 10.1. The molecule has 17 rings (SSSR count). The summed E-state index contributed by atoms with van der Waals surface area (Å²) in [5.74, 6) is 6.10. The summed E-state index contributed by atoms with van der Waals surface area (Å²) in [5, 5.41) is 6.59. The molecule has 8 aromatic carbocycles. The quantitative estimate of drug-likeness (QED) is 0.0371. The van der Waals surface area contributed by atoms with E-state index < -0.39 is 0 Å². The van der Waals surface area contributed by atoms with Crippen molar-refractivity contribution in [1.29, 1.82) is 0 Å². The number of H-pyrrole nitrogens is 2. The van der Waals surface area contributed by atoms with Crippen LogP contribution in [0.5, 0.6) is 46.0 Å². The Morgan fingerprint density at radius 3 is 0.815 bits per heavy atom. The first-order valence-electron chi connectivity index (χ1n) is 35.6. The van der Waals surface area contributed by atoms with Gasteiger partial charge < -0.3 is 66.8 Å². The Hall–Kier alpha value is -13.0. The molecule has 0 spiro atoms. The van der Waals surface area contributed by atoms with Crippen LogP contribution in [-0.4, -0.2) is 166 Å². The van der Waals surface area contributed by atoms with Crippen molar-refractivity contribution >= 4 is 87.7 Å². The topological polar surface area (TPSA) is 271 Å². The number of nitrogens with zero attached hydrogens (tertiary/aromatic N) is 10. The van der Waals surface area contributed by atoms with Gasteiger partial charge in [-0.2, -0.15) is 0 Å². The molecule has 108 heavy (non-hydrogen) atoms. The smallest absolute Gasteiger partial charge is 0.168 e. The fraction of sp³-hybridized carbons (Fsp3) is 0.190. The number of pyridine rings is 4. The molecule has 24 heteroatoms. The maximum atomic E-state index is 6.65. The Morgan fingerprint density at radius 1 is 0.222 bits per heavy atom. The van der Waals surface area contributed by atoms with Gasteiger partial charge in [0.15, 0.2) is 23.3 Å². The van der Waals surface area contributed by atoms with E-state index in [-0.39, 0.29) is 52.9 Å². The first kappa shape index (κ1) is 68.1. The summed E-state index contributed by atoms with van der Waals surface area (Å²) in [6.45, 7) is 4.27. The fourth-order valence-electron chi connectivity index (χ4n) is 13.2. The van der Waals surface area contributed by atoms with Crippen molar-refractivity contribution < 1.29 is 56.8 Å². The summed E-state index contributed by atoms with van der Waals surface area (Å²) < 4.78 is 75.5. The van der Waals surface area contributed by atoms with Crippen molar-refractivity contribution in [2.24, 2.45) is 0 Å². The van der Waals surface area contributed by atoms with Crippen LogP contribution >= 0.6 is 0 Å². The van der Waals surface area contributed by atoms with Crippen LogP contribution in [0.15, 0.2) is 219 Å². The van der Waals surface area contributed by atoms with Crippen LogP contribution in [0.3, 0.4) is 0 Å². The molecule has 0 saturated carbocycles. The highest BCUT2D eigenvalue weighted by Gasteiger charge is 2.28. The number of rotatable bonds is 32. The van der Waals surface area contributed by atoms with Gasteiger partial charge in [-0.3, -0.25) is 19.9 Å². The van der Waals surface area contributed by atoms with Gasteiger partial charge in [0.25, 0.3) is 0 Å². The third-order valence-electron chi connectivity index (χ3n) is 18.1. The van der Waals surface area contributed by atoms with E-state index in [4.69, 9.17) is 86.7 Å². The number of ether oxygens (including phenoxy) is 12. The van der Waals surface area contributed by atoms with Crippen molar-refractivity contribution in [3.05, 3.63) is 219 Å². The standard InChI is InChI=1S/C84H70N12O12/c1-13-53-17-9-33-85-73(53)65(29-1)105-49-41-97-37-45-101-61-25-5-21-57-69(61)81-89-77(57)94-82-71-59(23-7-27-63(71)103-47-39-99-43-51-107-67-31-3-15-55-19-11-35-87-75(55)67)79(91-82)96-84-72-60(24-8-28-64(72)104-48-40-100-44-52-108-68-32-4-16-56-20-12-36-88-76(56)68)80(92-84)95-83-70-58(78(90-83)93-81)22-6-26-62(70)102-46-38-98-42-50-106-66-30-2-14-54-18-10-34-86-74(54)66/h1-36H,37-52H2,(H2,89,90,91,92,93,94,95,96). The molecule has 0 unspecified atom stereocenters. The van der Waals surface area contributed by atoms with Crippen LogP contribution < -0.4 is 37.9 Å². The molecule has 0 radical (unpaired) electrons. The Bertz CT molecular complexity index is 5580. The van der Waals surface area contributed by atoms with Gasteiger partial charge in [-0.1, -0.05) is 121 Å². The molecule has 24 nitrogen and oxygen atoms in total. The second kappa shape index (κ2) is 32.2. The van der Waals surface area contributed by atoms with Gasteiger partial charge >= 0.3 is 0 Å². The first-order valence-corrected chi connectivity index (χ1v) is 35.6. The number of hydrogen-bond donors (Lipinski definition) is 2. The minimum atomic E-state index is 0.189. The number of fused-ring (bicyclic) bond motifs is 24. The Kier molecular flexibility index (Phi) is 20.3. The minimum absolute atomic E-state index is 0.189. The van der Waals surface area contributed by atoms with Crippen molar-refractivity contribution in [2.45, 2.75) is 0 Å². The predicted molar refractivity (Wildman–Crippen MR) is 410 cm³/mol. The molecular formula is C84H70N12O12. The van der Waals surface area contributed by atoms with Gasteiger partial charge in [0.2, 0.25) is 0 Å². The highest BCUT2D eigenvalue weighted by atomic mass is 16.6. The Balaban J connectivity index is 0.707. The zero-order valence-electron chi connectivity index (χ0n) is 58.5. The number of para-hydroxylation sites is 4. The van der Waals surface area contributed by atoms with Gasteiger partial charge in [0.05, 0.1) is 74.8 Å². The zero-order chi connectivity index (χ0) is 72.2. The molecule has 0 saturated heterocycles. The van der Waals surface area contributed by atoms with Crippen LogP contribution in [0.4, 0.5) is 0 Å². The summed E-state index contributed by atoms with van der Waals surface area (Å²) in [4.78, 5) is 57.5.